The van der Waals surface area contributed by atoms with Crippen LogP contribution in [0.15, 0.2) is 140 Å². The van der Waals surface area contributed by atoms with Gasteiger partial charge in [0.15, 0.2) is 5.69 Å². The SMILES string of the molecule is [C-]#[N+]c1cc(-c2cc(-c3ccccc3)cc(-c3ccccc3)c2C#N)cc(-n2c3ccccc3c3ccccc32)c1. The molecule has 0 unspecified atom stereocenters. The first kappa shape index (κ1) is 24.2. The van der Waals surface area contributed by atoms with Crippen LogP contribution in [0.25, 0.3) is 65.7 Å². The Morgan fingerprint density at radius 1 is 0.537 bits per heavy atom. The van der Waals surface area contributed by atoms with E-state index in [0.717, 1.165) is 60.9 Å². The van der Waals surface area contributed by atoms with E-state index in [1.807, 2.05) is 72.8 Å². The maximum Gasteiger partial charge on any atom is 0.189 e. The van der Waals surface area contributed by atoms with Gasteiger partial charge >= 0.3 is 0 Å². The molecule has 0 saturated carbocycles. The predicted molar refractivity (Wildman–Crippen MR) is 168 cm³/mol. The molecule has 0 atom stereocenters. The van der Waals surface area contributed by atoms with Crippen LogP contribution in [0.4, 0.5) is 5.69 Å². The van der Waals surface area contributed by atoms with Crippen molar-refractivity contribution in [3.05, 3.63) is 157 Å². The van der Waals surface area contributed by atoms with Gasteiger partial charge in [-0.05, 0) is 70.3 Å². The van der Waals surface area contributed by atoms with Gasteiger partial charge in [-0.3, -0.25) is 0 Å². The van der Waals surface area contributed by atoms with Gasteiger partial charge < -0.3 is 4.57 Å². The minimum atomic E-state index is 0.523. The Morgan fingerprint density at radius 2 is 1.07 bits per heavy atom. The highest BCUT2D eigenvalue weighted by Crippen LogP contribution is 2.40. The van der Waals surface area contributed by atoms with E-state index in [4.69, 9.17) is 6.57 Å². The molecule has 1 aromatic heterocycles. The Balaban J connectivity index is 1.54. The van der Waals surface area contributed by atoms with Crippen LogP contribution in [-0.2, 0) is 0 Å². The first-order valence-corrected chi connectivity index (χ1v) is 13.5. The van der Waals surface area contributed by atoms with Crippen LogP contribution < -0.4 is 0 Å². The van der Waals surface area contributed by atoms with Gasteiger partial charge in [-0.1, -0.05) is 97.1 Å². The summed E-state index contributed by atoms with van der Waals surface area (Å²) in [4.78, 5) is 3.86. The molecule has 6 aromatic carbocycles. The van der Waals surface area contributed by atoms with Crippen LogP contribution in [0.3, 0.4) is 0 Å². The van der Waals surface area contributed by atoms with E-state index >= 15 is 0 Å². The zero-order valence-electron chi connectivity index (χ0n) is 22.1. The lowest BCUT2D eigenvalue weighted by Crippen LogP contribution is -1.96. The van der Waals surface area contributed by atoms with Crippen molar-refractivity contribution in [2.24, 2.45) is 0 Å². The fraction of sp³-hybridized carbons (Fsp3) is 0. The average Bonchev–Trinajstić information content (AvgIpc) is 3.39. The molecule has 7 rings (SSSR count). The van der Waals surface area contributed by atoms with Gasteiger partial charge in [-0.15, -0.1) is 0 Å². The fourth-order valence-corrected chi connectivity index (χ4v) is 5.78. The van der Waals surface area contributed by atoms with E-state index in [9.17, 15) is 5.26 Å². The highest BCUT2D eigenvalue weighted by molar-refractivity contribution is 6.09. The van der Waals surface area contributed by atoms with Gasteiger partial charge in [0.25, 0.3) is 0 Å². The highest BCUT2D eigenvalue weighted by atomic mass is 15.0. The molecule has 0 bridgehead atoms. The molecule has 41 heavy (non-hydrogen) atoms. The van der Waals surface area contributed by atoms with Crippen molar-refractivity contribution in [2.75, 3.05) is 0 Å². The largest absolute Gasteiger partial charge is 0.310 e. The molecular weight excluding hydrogens is 498 g/mol. The molecule has 0 spiro atoms. The smallest absolute Gasteiger partial charge is 0.189 e. The Bertz CT molecular complexity index is 2110. The Morgan fingerprint density at radius 3 is 1.66 bits per heavy atom. The van der Waals surface area contributed by atoms with Crippen molar-refractivity contribution in [1.82, 2.24) is 4.57 Å². The molecule has 0 saturated heterocycles. The molecular formula is C38H23N3. The van der Waals surface area contributed by atoms with Gasteiger partial charge in [0, 0.05) is 22.0 Å². The van der Waals surface area contributed by atoms with Crippen LogP contribution in [0.2, 0.25) is 0 Å². The number of benzene rings is 6. The summed E-state index contributed by atoms with van der Waals surface area (Å²) in [5.74, 6) is 0. The van der Waals surface area contributed by atoms with Gasteiger partial charge in [0.2, 0.25) is 0 Å². The van der Waals surface area contributed by atoms with E-state index in [2.05, 4.69) is 82.2 Å². The summed E-state index contributed by atoms with van der Waals surface area (Å²) in [5.41, 5.74) is 9.73. The van der Waals surface area contributed by atoms with Gasteiger partial charge in [0.05, 0.1) is 23.2 Å². The van der Waals surface area contributed by atoms with Crippen LogP contribution in [0.1, 0.15) is 5.56 Å². The summed E-state index contributed by atoms with van der Waals surface area (Å²) in [7, 11) is 0. The average molecular weight is 522 g/mol. The summed E-state index contributed by atoms with van der Waals surface area (Å²) >= 11 is 0. The van der Waals surface area contributed by atoms with Gasteiger partial charge in [0.1, 0.15) is 6.07 Å². The van der Waals surface area contributed by atoms with Crippen LogP contribution in [0.5, 0.6) is 0 Å². The normalized spacial score (nSPS) is 10.9. The lowest BCUT2D eigenvalue weighted by Gasteiger charge is -2.16. The molecule has 0 aliphatic carbocycles. The van der Waals surface area contributed by atoms with E-state index < -0.39 is 0 Å². The quantitative estimate of drug-likeness (QED) is 0.212. The van der Waals surface area contributed by atoms with Crippen LogP contribution in [0, 0.1) is 17.9 Å². The summed E-state index contributed by atoms with van der Waals surface area (Å²) in [6.45, 7) is 7.95. The molecule has 3 heteroatoms. The number of para-hydroxylation sites is 2. The van der Waals surface area contributed by atoms with E-state index in [1.54, 1.807) is 0 Å². The number of aromatic nitrogens is 1. The van der Waals surface area contributed by atoms with Gasteiger partial charge in [-0.25, -0.2) is 4.85 Å². The number of nitriles is 1. The third-order valence-electron chi connectivity index (χ3n) is 7.62. The monoisotopic (exact) mass is 521 g/mol. The number of hydrogen-bond donors (Lipinski definition) is 0. The van der Waals surface area contributed by atoms with Crippen LogP contribution >= 0.6 is 0 Å². The Kier molecular flexibility index (Phi) is 5.90. The van der Waals surface area contributed by atoms with E-state index in [1.165, 1.54) is 0 Å². The third kappa shape index (κ3) is 4.14. The third-order valence-corrected chi connectivity index (χ3v) is 7.62. The molecule has 190 valence electrons. The van der Waals surface area contributed by atoms with Crippen LogP contribution in [-0.4, -0.2) is 4.57 Å². The second-order valence-corrected chi connectivity index (χ2v) is 10.0. The fourth-order valence-electron chi connectivity index (χ4n) is 5.78. The topological polar surface area (TPSA) is 33.1 Å². The van der Waals surface area contributed by atoms with Crippen molar-refractivity contribution in [3.8, 4) is 45.1 Å². The lowest BCUT2D eigenvalue weighted by molar-refractivity contribution is 1.18. The minimum Gasteiger partial charge on any atom is -0.310 e. The standard InChI is InChI=1S/C38H23N3/c1-40-30-20-29(21-31(24-30)41-37-18-10-8-16-32(37)33-17-9-11-19-38(33)41)35-23-28(26-12-4-2-5-13-26)22-34(36(35)25-39)27-14-6-3-7-15-27/h2-24H. The van der Waals surface area contributed by atoms with Crippen molar-refractivity contribution in [2.45, 2.75) is 0 Å². The van der Waals surface area contributed by atoms with Gasteiger partial charge in [-0.2, -0.15) is 5.26 Å². The second kappa shape index (κ2) is 10.0. The Hall–Kier alpha value is -5.90. The van der Waals surface area contributed by atoms with Crippen molar-refractivity contribution in [3.63, 3.8) is 0 Å². The first-order valence-electron chi connectivity index (χ1n) is 13.5. The molecule has 0 radical (unpaired) electrons. The molecule has 0 N–H and O–H groups in total. The van der Waals surface area contributed by atoms with E-state index in [-0.39, 0.29) is 0 Å². The summed E-state index contributed by atoms with van der Waals surface area (Å²) < 4.78 is 2.22. The first-order chi connectivity index (χ1) is 20.2. The summed E-state index contributed by atoms with van der Waals surface area (Å²) in [5, 5.41) is 12.9. The molecule has 0 aliphatic heterocycles. The van der Waals surface area contributed by atoms with E-state index in [0.29, 0.717) is 11.3 Å². The minimum absolute atomic E-state index is 0.523. The molecule has 3 nitrogen and oxygen atoms in total. The summed E-state index contributed by atoms with van der Waals surface area (Å²) in [6.07, 6.45) is 0. The molecule has 0 amide bonds. The molecule has 1 heterocycles. The summed E-state index contributed by atoms with van der Waals surface area (Å²) in [6, 6.07) is 49.6. The van der Waals surface area contributed by atoms with Crippen molar-refractivity contribution >= 4 is 27.5 Å². The Labute approximate surface area is 238 Å². The highest BCUT2D eigenvalue weighted by Gasteiger charge is 2.18. The zero-order chi connectivity index (χ0) is 27.8. The zero-order valence-corrected chi connectivity index (χ0v) is 22.1. The number of hydrogen-bond acceptors (Lipinski definition) is 1. The maximum atomic E-state index is 10.5. The number of fused-ring (bicyclic) bond motifs is 3. The maximum absolute atomic E-state index is 10.5. The van der Waals surface area contributed by atoms with Crippen molar-refractivity contribution < 1.29 is 0 Å². The van der Waals surface area contributed by atoms with Crippen molar-refractivity contribution in [1.29, 1.82) is 5.26 Å². The number of nitrogens with zero attached hydrogens (tertiary/aromatic N) is 3. The second-order valence-electron chi connectivity index (χ2n) is 10.0. The number of rotatable bonds is 4. The lowest BCUT2D eigenvalue weighted by atomic mass is 9.88. The molecule has 0 aliphatic rings. The molecule has 0 fully saturated rings. The predicted octanol–water partition coefficient (Wildman–Crippen LogP) is 10.2. The molecule has 7 aromatic rings.